The fraction of sp³-hybridized carbons (Fsp3) is 0.423. The molecule has 1 saturated heterocycles. The number of aromatic hydroxyl groups is 1. The van der Waals surface area contributed by atoms with E-state index in [1.165, 1.54) is 25.1 Å². The van der Waals surface area contributed by atoms with E-state index in [4.69, 9.17) is 5.73 Å². The lowest BCUT2D eigenvalue weighted by Gasteiger charge is -2.50. The van der Waals surface area contributed by atoms with Crippen LogP contribution in [0.3, 0.4) is 0 Å². The van der Waals surface area contributed by atoms with Crippen molar-refractivity contribution < 1.29 is 44.4 Å². The molecule has 12 heteroatoms. The predicted octanol–water partition coefficient (Wildman–Crippen LogP) is -0.387. The van der Waals surface area contributed by atoms with Gasteiger partial charge >= 0.3 is 0 Å². The zero-order chi connectivity index (χ0) is 27.8. The molecular formula is C26H27N3O9. The second kappa shape index (κ2) is 8.50. The first kappa shape index (κ1) is 25.6. The summed E-state index contributed by atoms with van der Waals surface area (Å²) in [6, 6.07) is 2.00. The van der Waals surface area contributed by atoms with Gasteiger partial charge in [-0.25, -0.2) is 0 Å². The number of likely N-dealkylation sites (N-methyl/N-ethyl adjacent to an activating group) is 1. The summed E-state index contributed by atoms with van der Waals surface area (Å²) in [6.45, 7) is -0.221. The summed E-state index contributed by atoms with van der Waals surface area (Å²) >= 11 is 0. The van der Waals surface area contributed by atoms with E-state index in [0.717, 1.165) is 4.90 Å². The normalized spacial score (nSPS) is 29.2. The number of phenols is 1. The molecule has 1 aromatic rings. The largest absolute Gasteiger partial charge is 0.508 e. The molecule has 200 valence electrons. The third-order valence-corrected chi connectivity index (χ3v) is 8.16. The van der Waals surface area contributed by atoms with E-state index < -0.39 is 63.8 Å². The molecule has 1 saturated carbocycles. The van der Waals surface area contributed by atoms with Gasteiger partial charge in [0.25, 0.3) is 5.91 Å². The Labute approximate surface area is 216 Å². The summed E-state index contributed by atoms with van der Waals surface area (Å²) in [7, 11) is 3.06. The average Bonchev–Trinajstić information content (AvgIpc) is 3.14. The Morgan fingerprint density at radius 1 is 1.11 bits per heavy atom. The number of ketones is 2. The third kappa shape index (κ3) is 3.33. The van der Waals surface area contributed by atoms with Gasteiger partial charge in [0.1, 0.15) is 22.8 Å². The van der Waals surface area contributed by atoms with Crippen LogP contribution < -0.4 is 5.73 Å². The zero-order valence-electron chi connectivity index (χ0n) is 20.7. The van der Waals surface area contributed by atoms with Gasteiger partial charge in [0.2, 0.25) is 17.6 Å². The van der Waals surface area contributed by atoms with Crippen molar-refractivity contribution in [2.45, 2.75) is 43.9 Å². The fourth-order valence-electron chi connectivity index (χ4n) is 6.36. The Kier molecular flexibility index (Phi) is 5.73. The Morgan fingerprint density at radius 2 is 1.74 bits per heavy atom. The van der Waals surface area contributed by atoms with E-state index in [9.17, 15) is 44.4 Å². The van der Waals surface area contributed by atoms with Gasteiger partial charge in [0.05, 0.1) is 18.2 Å². The highest BCUT2D eigenvalue weighted by molar-refractivity contribution is 6.24. The summed E-state index contributed by atoms with van der Waals surface area (Å²) in [5, 5.41) is 44.8. The number of rotatable bonds is 4. The molecule has 2 fully saturated rings. The van der Waals surface area contributed by atoms with E-state index >= 15 is 0 Å². The van der Waals surface area contributed by atoms with Crippen LogP contribution in [0, 0.1) is 11.8 Å². The second-order valence-corrected chi connectivity index (χ2v) is 10.4. The van der Waals surface area contributed by atoms with Gasteiger partial charge in [-0.15, -0.1) is 0 Å². The Balaban J connectivity index is 1.64. The molecule has 5 rings (SSSR count). The lowest BCUT2D eigenvalue weighted by Crippen LogP contribution is -2.65. The number of nitrogens with zero attached hydrogens (tertiary/aromatic N) is 2. The highest BCUT2D eigenvalue weighted by Crippen LogP contribution is 2.52. The van der Waals surface area contributed by atoms with Crippen molar-refractivity contribution in [3.8, 4) is 5.75 Å². The zero-order valence-corrected chi connectivity index (χ0v) is 20.7. The van der Waals surface area contributed by atoms with Crippen LogP contribution in [0.25, 0.3) is 5.76 Å². The molecule has 38 heavy (non-hydrogen) atoms. The predicted molar refractivity (Wildman–Crippen MR) is 129 cm³/mol. The molecule has 0 bridgehead atoms. The first-order valence-corrected chi connectivity index (χ1v) is 12.1. The maximum absolute atomic E-state index is 13.8. The van der Waals surface area contributed by atoms with Crippen molar-refractivity contribution in [2.24, 2.45) is 17.6 Å². The maximum Gasteiger partial charge on any atom is 0.255 e. The van der Waals surface area contributed by atoms with Crippen molar-refractivity contribution >= 4 is 35.0 Å². The number of Topliss-reactive ketones (excluding diaryl/α,β-unsaturated/α-hetero) is 2. The average molecular weight is 526 g/mol. The lowest BCUT2D eigenvalue weighted by molar-refractivity contribution is -0.153. The summed E-state index contributed by atoms with van der Waals surface area (Å²) in [5.74, 6) is -8.04. The molecule has 12 nitrogen and oxygen atoms in total. The summed E-state index contributed by atoms with van der Waals surface area (Å²) in [4.78, 5) is 65.5. The first-order chi connectivity index (χ1) is 17.8. The number of amides is 3. The standard InChI is InChI=1S/C26H27N3O9/c1-28(2)19-13-8-12-7-10-3-4-11(9-29-14(30)5-6-15(29)31)20(32)16(10)21(33)17(12)23(35)26(13,38)24(36)18(22(19)34)25(27)37/h3-4,12-13,19,32-33,36,38H,5-9H2,1-2H3,(H2,27,37)/t12?,13?,19?,26-/m0/s1. The Morgan fingerprint density at radius 3 is 2.32 bits per heavy atom. The first-order valence-electron chi connectivity index (χ1n) is 12.1. The molecule has 3 amide bonds. The van der Waals surface area contributed by atoms with Crippen LogP contribution >= 0.6 is 0 Å². The van der Waals surface area contributed by atoms with Crippen molar-refractivity contribution in [3.05, 3.63) is 45.7 Å². The second-order valence-electron chi connectivity index (χ2n) is 10.4. The van der Waals surface area contributed by atoms with Crippen molar-refractivity contribution in [1.29, 1.82) is 0 Å². The lowest BCUT2D eigenvalue weighted by atomic mass is 9.57. The third-order valence-electron chi connectivity index (χ3n) is 8.16. The quantitative estimate of drug-likeness (QED) is 0.255. The molecule has 4 atom stereocenters. The number of fused-ring (bicyclic) bond motifs is 3. The summed E-state index contributed by atoms with van der Waals surface area (Å²) in [5.41, 5.74) is 2.03. The number of carbonyl (C=O) groups excluding carboxylic acids is 5. The number of phenolic OH excluding ortho intramolecular Hbond substituents is 1. The molecule has 1 heterocycles. The highest BCUT2D eigenvalue weighted by Gasteiger charge is 2.64. The van der Waals surface area contributed by atoms with Gasteiger partial charge in [-0.2, -0.15) is 0 Å². The van der Waals surface area contributed by atoms with E-state index in [2.05, 4.69) is 0 Å². The Bertz CT molecular complexity index is 1390. The molecule has 6 N–H and O–H groups in total. The number of carbonyl (C=O) groups is 5. The molecule has 0 spiro atoms. The highest BCUT2D eigenvalue weighted by atomic mass is 16.3. The van der Waals surface area contributed by atoms with Crippen LogP contribution in [-0.2, 0) is 36.9 Å². The fourth-order valence-corrected chi connectivity index (χ4v) is 6.36. The van der Waals surface area contributed by atoms with E-state index in [0.29, 0.717) is 5.56 Å². The number of likely N-dealkylation sites (tertiary alicyclic amines) is 1. The van der Waals surface area contributed by atoms with Gasteiger partial charge in [0, 0.05) is 29.9 Å². The number of nitrogens with two attached hydrogens (primary N) is 1. The summed E-state index contributed by atoms with van der Waals surface area (Å²) < 4.78 is 0. The van der Waals surface area contributed by atoms with Crippen LogP contribution in [0.5, 0.6) is 5.75 Å². The van der Waals surface area contributed by atoms with Crippen LogP contribution in [-0.4, -0.2) is 85.3 Å². The number of aliphatic hydroxyl groups is 3. The number of imide groups is 1. The Hall–Kier alpha value is -4.03. The number of primary amides is 1. The number of hydrogen-bond donors (Lipinski definition) is 5. The minimum Gasteiger partial charge on any atom is -0.508 e. The number of aliphatic hydroxyl groups excluding tert-OH is 2. The van der Waals surface area contributed by atoms with E-state index in [1.54, 1.807) is 6.07 Å². The number of benzene rings is 1. The molecule has 3 unspecified atom stereocenters. The van der Waals surface area contributed by atoms with Gasteiger partial charge in [0.15, 0.2) is 11.4 Å². The molecular weight excluding hydrogens is 498 g/mol. The molecule has 1 aromatic carbocycles. The summed E-state index contributed by atoms with van der Waals surface area (Å²) in [6.07, 6.45) is 0.280. The molecule has 4 aliphatic rings. The molecule has 1 aliphatic heterocycles. The van der Waals surface area contributed by atoms with Gasteiger partial charge < -0.3 is 26.2 Å². The van der Waals surface area contributed by atoms with Crippen molar-refractivity contribution in [3.63, 3.8) is 0 Å². The molecule has 0 aromatic heterocycles. The molecule has 0 radical (unpaired) electrons. The van der Waals surface area contributed by atoms with Crippen molar-refractivity contribution in [2.75, 3.05) is 14.1 Å². The minimum absolute atomic E-state index is 0.00887. The van der Waals surface area contributed by atoms with Crippen LogP contribution in [0.2, 0.25) is 0 Å². The van der Waals surface area contributed by atoms with Crippen molar-refractivity contribution in [1.82, 2.24) is 9.80 Å². The van der Waals surface area contributed by atoms with Gasteiger partial charge in [-0.1, -0.05) is 12.1 Å². The molecule has 3 aliphatic carbocycles. The monoisotopic (exact) mass is 525 g/mol. The van der Waals surface area contributed by atoms with E-state index in [-0.39, 0.29) is 60.7 Å². The minimum atomic E-state index is -2.72. The smallest absolute Gasteiger partial charge is 0.255 e. The van der Waals surface area contributed by atoms with Crippen LogP contribution in [0.15, 0.2) is 29.0 Å². The van der Waals surface area contributed by atoms with Gasteiger partial charge in [-0.3, -0.25) is 33.8 Å². The maximum atomic E-state index is 13.8. The SMILES string of the molecule is CN(C)C1C(=O)C(C(N)=O)=C(O)[C@@]2(O)C(=O)C3=C(O)c4c(ccc(CN5C(=O)CCC5=O)c4O)CC3CC12. The topological polar surface area (TPSA) is 199 Å². The van der Waals surface area contributed by atoms with Crippen LogP contribution in [0.1, 0.15) is 36.0 Å². The van der Waals surface area contributed by atoms with Gasteiger partial charge in [-0.05, 0) is 38.4 Å². The van der Waals surface area contributed by atoms with E-state index in [1.807, 2.05) is 0 Å². The number of hydrogen-bond acceptors (Lipinski definition) is 10. The van der Waals surface area contributed by atoms with Crippen LogP contribution in [0.4, 0.5) is 0 Å².